The zero-order chi connectivity index (χ0) is 14.5. The number of carbonyl (C=O) groups excluding carboxylic acids is 2. The first-order valence-electron chi connectivity index (χ1n) is 6.99. The number of nitrogens with zero attached hydrogens (tertiary/aromatic N) is 1. The van der Waals surface area contributed by atoms with Crippen LogP contribution in [0.4, 0.5) is 0 Å². The van der Waals surface area contributed by atoms with E-state index in [4.69, 9.17) is 5.73 Å². The summed E-state index contributed by atoms with van der Waals surface area (Å²) in [6.45, 7) is 4.14. The van der Waals surface area contributed by atoms with Crippen molar-refractivity contribution in [3.05, 3.63) is 35.4 Å². The van der Waals surface area contributed by atoms with Gasteiger partial charge in [-0.1, -0.05) is 12.1 Å². The Morgan fingerprint density at radius 2 is 2.05 bits per heavy atom. The van der Waals surface area contributed by atoms with Gasteiger partial charge in [0.15, 0.2) is 0 Å². The van der Waals surface area contributed by atoms with Crippen LogP contribution < -0.4 is 11.1 Å². The number of rotatable bonds is 5. The molecule has 5 heteroatoms. The summed E-state index contributed by atoms with van der Waals surface area (Å²) in [5, 5.41) is 3.20. The Bertz CT molecular complexity index is 496. The van der Waals surface area contributed by atoms with Gasteiger partial charge < -0.3 is 16.0 Å². The Morgan fingerprint density at radius 1 is 1.35 bits per heavy atom. The van der Waals surface area contributed by atoms with E-state index in [2.05, 4.69) is 5.32 Å². The van der Waals surface area contributed by atoms with Crippen LogP contribution in [0.3, 0.4) is 0 Å². The lowest BCUT2D eigenvalue weighted by molar-refractivity contribution is -0.131. The van der Waals surface area contributed by atoms with Gasteiger partial charge in [0.2, 0.25) is 11.8 Å². The summed E-state index contributed by atoms with van der Waals surface area (Å²) in [5.74, 6) is -0.290. The summed E-state index contributed by atoms with van der Waals surface area (Å²) in [6.07, 6.45) is 2.19. The predicted octanol–water partition coefficient (Wildman–Crippen LogP) is 0.886. The van der Waals surface area contributed by atoms with Crippen LogP contribution in [0.25, 0.3) is 0 Å². The van der Waals surface area contributed by atoms with Crippen molar-refractivity contribution in [2.45, 2.75) is 32.4 Å². The fraction of sp³-hybridized carbons (Fsp3) is 0.467. The minimum atomic E-state index is -0.437. The van der Waals surface area contributed by atoms with E-state index in [0.717, 1.165) is 31.5 Å². The maximum absolute atomic E-state index is 12.1. The van der Waals surface area contributed by atoms with Gasteiger partial charge in [-0.05, 0) is 37.5 Å². The second-order valence-corrected chi connectivity index (χ2v) is 5.20. The first kappa shape index (κ1) is 14.5. The van der Waals surface area contributed by atoms with Crippen molar-refractivity contribution in [2.24, 2.45) is 5.73 Å². The molecule has 108 valence electrons. The highest BCUT2D eigenvalue weighted by Crippen LogP contribution is 2.10. The number of carbonyl (C=O) groups is 2. The number of nitrogens with two attached hydrogens (primary N) is 1. The third-order valence-electron chi connectivity index (χ3n) is 3.61. The average molecular weight is 275 g/mol. The van der Waals surface area contributed by atoms with E-state index >= 15 is 0 Å². The summed E-state index contributed by atoms with van der Waals surface area (Å²) in [7, 11) is 0. The van der Waals surface area contributed by atoms with E-state index in [1.54, 1.807) is 18.2 Å². The van der Waals surface area contributed by atoms with E-state index in [0.29, 0.717) is 12.1 Å². The Kier molecular flexibility index (Phi) is 4.74. The molecule has 1 unspecified atom stereocenters. The standard InChI is InChI=1S/C15H21N3O2/c1-11(15(20)18-7-2-3-8-18)17-10-12-5-4-6-13(9-12)14(16)19/h4-6,9,11,17H,2-3,7-8,10H2,1H3,(H2,16,19). The zero-order valence-electron chi connectivity index (χ0n) is 11.8. The van der Waals surface area contributed by atoms with E-state index in [-0.39, 0.29) is 11.9 Å². The average Bonchev–Trinajstić information content (AvgIpc) is 2.98. The number of hydrogen-bond acceptors (Lipinski definition) is 3. The molecule has 5 nitrogen and oxygen atoms in total. The first-order valence-corrected chi connectivity index (χ1v) is 6.99. The molecule has 0 spiro atoms. The number of hydrogen-bond donors (Lipinski definition) is 2. The first-order chi connectivity index (χ1) is 9.58. The molecule has 1 fully saturated rings. The molecular formula is C15H21N3O2. The lowest BCUT2D eigenvalue weighted by Crippen LogP contribution is -2.43. The second kappa shape index (κ2) is 6.52. The van der Waals surface area contributed by atoms with Gasteiger partial charge in [0.05, 0.1) is 6.04 Å². The largest absolute Gasteiger partial charge is 0.366 e. The molecule has 1 aromatic rings. The summed E-state index contributed by atoms with van der Waals surface area (Å²) in [6, 6.07) is 6.93. The monoisotopic (exact) mass is 275 g/mol. The Balaban J connectivity index is 1.89. The molecule has 1 saturated heterocycles. The van der Waals surface area contributed by atoms with Crippen LogP contribution >= 0.6 is 0 Å². The van der Waals surface area contributed by atoms with E-state index in [1.807, 2.05) is 17.9 Å². The maximum atomic E-state index is 12.1. The van der Waals surface area contributed by atoms with Crippen LogP contribution in [-0.2, 0) is 11.3 Å². The highest BCUT2D eigenvalue weighted by Gasteiger charge is 2.22. The minimum Gasteiger partial charge on any atom is -0.366 e. The Morgan fingerprint density at radius 3 is 2.70 bits per heavy atom. The molecule has 1 aliphatic heterocycles. The highest BCUT2D eigenvalue weighted by atomic mass is 16.2. The summed E-state index contributed by atoms with van der Waals surface area (Å²) in [5.41, 5.74) is 6.68. The van der Waals surface area contributed by atoms with Crippen molar-refractivity contribution in [3.8, 4) is 0 Å². The SMILES string of the molecule is CC(NCc1cccc(C(N)=O)c1)C(=O)N1CCCC1. The third-order valence-corrected chi connectivity index (χ3v) is 3.61. The molecular weight excluding hydrogens is 254 g/mol. The molecule has 20 heavy (non-hydrogen) atoms. The molecule has 3 N–H and O–H groups in total. The Labute approximate surface area is 119 Å². The van der Waals surface area contributed by atoms with Gasteiger partial charge in [-0.3, -0.25) is 9.59 Å². The fourth-order valence-electron chi connectivity index (χ4n) is 2.40. The van der Waals surface area contributed by atoms with Crippen LogP contribution in [0, 0.1) is 0 Å². The summed E-state index contributed by atoms with van der Waals surface area (Å²) >= 11 is 0. The van der Waals surface area contributed by atoms with Crippen LogP contribution in [0.5, 0.6) is 0 Å². The van der Waals surface area contributed by atoms with Crippen molar-refractivity contribution >= 4 is 11.8 Å². The molecule has 0 aliphatic carbocycles. The molecule has 1 aliphatic rings. The van der Waals surface area contributed by atoms with Crippen molar-refractivity contribution in [1.82, 2.24) is 10.2 Å². The second-order valence-electron chi connectivity index (χ2n) is 5.20. The summed E-state index contributed by atoms with van der Waals surface area (Å²) in [4.78, 5) is 25.1. The van der Waals surface area contributed by atoms with Gasteiger partial charge >= 0.3 is 0 Å². The van der Waals surface area contributed by atoms with Gasteiger partial charge in [0, 0.05) is 25.2 Å². The number of benzene rings is 1. The summed E-state index contributed by atoms with van der Waals surface area (Å²) < 4.78 is 0. The van der Waals surface area contributed by atoms with Gasteiger partial charge in [0.25, 0.3) is 0 Å². The molecule has 0 saturated carbocycles. The maximum Gasteiger partial charge on any atom is 0.248 e. The predicted molar refractivity (Wildman–Crippen MR) is 77.1 cm³/mol. The van der Waals surface area contributed by atoms with Crippen LogP contribution in [0.15, 0.2) is 24.3 Å². The molecule has 1 atom stereocenters. The number of primary amides is 1. The van der Waals surface area contributed by atoms with Crippen LogP contribution in [-0.4, -0.2) is 35.8 Å². The smallest absolute Gasteiger partial charge is 0.248 e. The number of likely N-dealkylation sites (tertiary alicyclic amines) is 1. The molecule has 2 rings (SSSR count). The lowest BCUT2D eigenvalue weighted by Gasteiger charge is -2.21. The van der Waals surface area contributed by atoms with Gasteiger partial charge in [0.1, 0.15) is 0 Å². The van der Waals surface area contributed by atoms with Crippen LogP contribution in [0.2, 0.25) is 0 Å². The fourth-order valence-corrected chi connectivity index (χ4v) is 2.40. The zero-order valence-corrected chi connectivity index (χ0v) is 11.8. The van der Waals surface area contributed by atoms with Crippen molar-refractivity contribution in [1.29, 1.82) is 0 Å². The van der Waals surface area contributed by atoms with Gasteiger partial charge in [-0.2, -0.15) is 0 Å². The minimum absolute atomic E-state index is 0.147. The lowest BCUT2D eigenvalue weighted by atomic mass is 10.1. The van der Waals surface area contributed by atoms with E-state index < -0.39 is 5.91 Å². The van der Waals surface area contributed by atoms with E-state index in [9.17, 15) is 9.59 Å². The van der Waals surface area contributed by atoms with E-state index in [1.165, 1.54) is 0 Å². The normalized spacial score (nSPS) is 16.1. The van der Waals surface area contributed by atoms with Crippen molar-refractivity contribution < 1.29 is 9.59 Å². The molecule has 0 bridgehead atoms. The van der Waals surface area contributed by atoms with Gasteiger partial charge in [-0.25, -0.2) is 0 Å². The van der Waals surface area contributed by atoms with Gasteiger partial charge in [-0.15, -0.1) is 0 Å². The molecule has 1 heterocycles. The topological polar surface area (TPSA) is 75.4 Å². The molecule has 0 radical (unpaired) electrons. The molecule has 1 aromatic carbocycles. The molecule has 2 amide bonds. The van der Waals surface area contributed by atoms with Crippen molar-refractivity contribution in [3.63, 3.8) is 0 Å². The third kappa shape index (κ3) is 3.57. The van der Waals surface area contributed by atoms with Crippen molar-refractivity contribution in [2.75, 3.05) is 13.1 Å². The Hall–Kier alpha value is -1.88. The number of nitrogens with one attached hydrogen (secondary N) is 1. The number of amides is 2. The molecule has 0 aromatic heterocycles. The van der Waals surface area contributed by atoms with Crippen LogP contribution in [0.1, 0.15) is 35.7 Å². The highest BCUT2D eigenvalue weighted by molar-refractivity contribution is 5.92. The quantitative estimate of drug-likeness (QED) is 0.838.